The molecule has 122 valence electrons. The van der Waals surface area contributed by atoms with E-state index in [0.29, 0.717) is 18.1 Å². The molecule has 1 saturated heterocycles. The minimum absolute atomic E-state index is 0.434. The van der Waals surface area contributed by atoms with Crippen LogP contribution in [0.15, 0.2) is 18.2 Å². The van der Waals surface area contributed by atoms with Crippen molar-refractivity contribution in [2.75, 3.05) is 11.9 Å². The molecule has 2 aromatic heterocycles. The first-order valence-corrected chi connectivity index (χ1v) is 8.46. The summed E-state index contributed by atoms with van der Waals surface area (Å²) in [5.74, 6) is 2.21. The third kappa shape index (κ3) is 2.83. The molecule has 0 spiro atoms. The number of fused-ring (bicyclic) bond motifs is 1. The summed E-state index contributed by atoms with van der Waals surface area (Å²) in [7, 11) is 0. The van der Waals surface area contributed by atoms with Gasteiger partial charge >= 0.3 is 0 Å². The maximum absolute atomic E-state index is 5.83. The molecular weight excluding hydrogens is 290 g/mol. The minimum Gasteiger partial charge on any atom is -0.378 e. The van der Waals surface area contributed by atoms with Gasteiger partial charge in [0.2, 0.25) is 0 Å². The molecule has 1 N–H and O–H groups in total. The van der Waals surface area contributed by atoms with Crippen molar-refractivity contribution in [3.63, 3.8) is 0 Å². The van der Waals surface area contributed by atoms with Gasteiger partial charge in [0, 0.05) is 24.3 Å². The van der Waals surface area contributed by atoms with Gasteiger partial charge in [-0.25, -0.2) is 4.68 Å². The van der Waals surface area contributed by atoms with Gasteiger partial charge in [-0.05, 0) is 57.7 Å². The van der Waals surface area contributed by atoms with E-state index in [2.05, 4.69) is 20.6 Å². The van der Waals surface area contributed by atoms with E-state index >= 15 is 0 Å². The maximum atomic E-state index is 5.83. The molecule has 2 aromatic rings. The predicted octanol–water partition coefficient (Wildman–Crippen LogP) is 2.65. The summed E-state index contributed by atoms with van der Waals surface area (Å²) in [5.41, 5.74) is 2.05. The van der Waals surface area contributed by atoms with Gasteiger partial charge in [0.05, 0.1) is 11.8 Å². The summed E-state index contributed by atoms with van der Waals surface area (Å²) in [5, 5.41) is 16.7. The molecule has 0 amide bonds. The van der Waals surface area contributed by atoms with Gasteiger partial charge in [-0.15, -0.1) is 10.2 Å². The first-order valence-electron chi connectivity index (χ1n) is 8.46. The first-order chi connectivity index (χ1) is 11.2. The summed E-state index contributed by atoms with van der Waals surface area (Å²) in [6, 6.07) is 6.46. The molecule has 0 aromatic carbocycles. The molecule has 2 fully saturated rings. The van der Waals surface area contributed by atoms with Gasteiger partial charge < -0.3 is 10.1 Å². The molecule has 0 bridgehead atoms. The van der Waals surface area contributed by atoms with Crippen molar-refractivity contribution < 1.29 is 4.74 Å². The van der Waals surface area contributed by atoms with Crippen molar-refractivity contribution in [3.8, 4) is 5.82 Å². The van der Waals surface area contributed by atoms with Crippen LogP contribution in [-0.4, -0.2) is 38.7 Å². The van der Waals surface area contributed by atoms with Gasteiger partial charge in [-0.2, -0.15) is 5.10 Å². The number of rotatable bonds is 3. The van der Waals surface area contributed by atoms with Crippen LogP contribution in [0.1, 0.15) is 37.1 Å². The second kappa shape index (κ2) is 5.92. The Hall–Kier alpha value is -1.95. The van der Waals surface area contributed by atoms with E-state index in [1.807, 2.05) is 36.7 Å². The van der Waals surface area contributed by atoms with Gasteiger partial charge in [0.15, 0.2) is 5.82 Å². The van der Waals surface area contributed by atoms with Crippen molar-refractivity contribution in [2.24, 2.45) is 5.92 Å². The fourth-order valence-corrected chi connectivity index (χ4v) is 3.92. The standard InChI is InChI=1S/C17H23N5O/c1-11-10-12(2)22(21-11)17-7-6-16(19-20-17)18-14-4-3-5-15-13(14)8-9-23-15/h6-7,10,13-15H,3-5,8-9H2,1-2H3,(H,18,19)/t13-,14+,15+/m0/s1. The third-order valence-electron chi connectivity index (χ3n) is 4.99. The number of anilines is 1. The minimum atomic E-state index is 0.434. The molecular formula is C17H23N5O. The van der Waals surface area contributed by atoms with Crippen molar-refractivity contribution in [1.29, 1.82) is 0 Å². The van der Waals surface area contributed by atoms with E-state index in [4.69, 9.17) is 4.74 Å². The molecule has 3 atom stereocenters. The fraction of sp³-hybridized carbons (Fsp3) is 0.588. The van der Waals surface area contributed by atoms with E-state index in [9.17, 15) is 0 Å². The lowest BCUT2D eigenvalue weighted by atomic mass is 9.82. The first kappa shape index (κ1) is 14.6. The highest BCUT2D eigenvalue weighted by Crippen LogP contribution is 2.35. The molecule has 3 heterocycles. The molecule has 23 heavy (non-hydrogen) atoms. The zero-order chi connectivity index (χ0) is 15.8. The van der Waals surface area contributed by atoms with Gasteiger partial charge in [0.1, 0.15) is 5.82 Å². The number of hydrogen-bond acceptors (Lipinski definition) is 5. The van der Waals surface area contributed by atoms with E-state index in [1.54, 1.807) is 0 Å². The van der Waals surface area contributed by atoms with E-state index in [0.717, 1.165) is 36.1 Å². The maximum Gasteiger partial charge on any atom is 0.176 e. The monoisotopic (exact) mass is 313 g/mol. The Balaban J connectivity index is 1.49. The number of aryl methyl sites for hydroxylation is 2. The van der Waals surface area contributed by atoms with Crippen molar-refractivity contribution in [3.05, 3.63) is 29.6 Å². The summed E-state index contributed by atoms with van der Waals surface area (Å²) >= 11 is 0. The Bertz CT molecular complexity index is 681. The lowest BCUT2D eigenvalue weighted by Crippen LogP contribution is -2.38. The van der Waals surface area contributed by atoms with Crippen LogP contribution in [0.5, 0.6) is 0 Å². The van der Waals surface area contributed by atoms with Crippen molar-refractivity contribution in [2.45, 2.75) is 51.7 Å². The second-order valence-corrected chi connectivity index (χ2v) is 6.66. The smallest absolute Gasteiger partial charge is 0.176 e. The summed E-state index contributed by atoms with van der Waals surface area (Å²) < 4.78 is 7.66. The number of nitrogens with one attached hydrogen (secondary N) is 1. The fourth-order valence-electron chi connectivity index (χ4n) is 3.92. The normalized spacial score (nSPS) is 27.0. The Morgan fingerprint density at radius 2 is 2.09 bits per heavy atom. The number of ether oxygens (including phenoxy) is 1. The van der Waals surface area contributed by atoms with Crippen LogP contribution in [0.2, 0.25) is 0 Å². The van der Waals surface area contributed by atoms with Crippen LogP contribution in [0, 0.1) is 19.8 Å². The Labute approximate surface area is 136 Å². The Morgan fingerprint density at radius 1 is 1.17 bits per heavy atom. The number of aromatic nitrogens is 4. The van der Waals surface area contributed by atoms with Crippen LogP contribution >= 0.6 is 0 Å². The van der Waals surface area contributed by atoms with Crippen molar-refractivity contribution in [1.82, 2.24) is 20.0 Å². The largest absolute Gasteiger partial charge is 0.378 e. The zero-order valence-electron chi connectivity index (χ0n) is 13.7. The van der Waals surface area contributed by atoms with Gasteiger partial charge in [-0.3, -0.25) is 0 Å². The van der Waals surface area contributed by atoms with Crippen LogP contribution in [-0.2, 0) is 4.74 Å². The van der Waals surface area contributed by atoms with Gasteiger partial charge in [-0.1, -0.05) is 0 Å². The molecule has 1 aliphatic heterocycles. The van der Waals surface area contributed by atoms with Gasteiger partial charge in [0.25, 0.3) is 0 Å². The van der Waals surface area contributed by atoms with Crippen LogP contribution in [0.4, 0.5) is 5.82 Å². The van der Waals surface area contributed by atoms with Crippen molar-refractivity contribution >= 4 is 5.82 Å². The Morgan fingerprint density at radius 3 is 2.83 bits per heavy atom. The molecule has 0 radical (unpaired) electrons. The SMILES string of the molecule is Cc1cc(C)n(-c2ccc(N[C@@H]3CCC[C@H]4OCC[C@@H]34)nn2)n1. The third-order valence-corrected chi connectivity index (χ3v) is 4.99. The van der Waals surface area contributed by atoms with E-state index < -0.39 is 0 Å². The molecule has 1 aliphatic carbocycles. The second-order valence-electron chi connectivity index (χ2n) is 6.66. The molecule has 0 unspecified atom stereocenters. The molecule has 6 nitrogen and oxygen atoms in total. The van der Waals surface area contributed by atoms with Crippen LogP contribution in [0.25, 0.3) is 5.82 Å². The van der Waals surface area contributed by atoms with E-state index in [-0.39, 0.29) is 0 Å². The summed E-state index contributed by atoms with van der Waals surface area (Å²) in [4.78, 5) is 0. The highest BCUT2D eigenvalue weighted by molar-refractivity contribution is 5.38. The summed E-state index contributed by atoms with van der Waals surface area (Å²) in [6.07, 6.45) is 5.19. The average molecular weight is 313 g/mol. The lowest BCUT2D eigenvalue weighted by molar-refractivity contribution is 0.0619. The van der Waals surface area contributed by atoms with E-state index in [1.165, 1.54) is 19.3 Å². The lowest BCUT2D eigenvalue weighted by Gasteiger charge is -2.33. The quantitative estimate of drug-likeness (QED) is 0.943. The average Bonchev–Trinajstić information content (AvgIpc) is 3.15. The zero-order valence-corrected chi connectivity index (χ0v) is 13.7. The van der Waals surface area contributed by atoms with Crippen LogP contribution in [0.3, 0.4) is 0 Å². The molecule has 4 rings (SSSR count). The molecule has 2 aliphatic rings. The Kier molecular flexibility index (Phi) is 3.77. The summed E-state index contributed by atoms with van der Waals surface area (Å²) in [6.45, 7) is 4.90. The predicted molar refractivity (Wildman–Crippen MR) is 87.7 cm³/mol. The highest BCUT2D eigenvalue weighted by atomic mass is 16.5. The molecule has 1 saturated carbocycles. The topological polar surface area (TPSA) is 64.9 Å². The highest BCUT2D eigenvalue weighted by Gasteiger charge is 2.37. The number of hydrogen-bond donors (Lipinski definition) is 1. The van der Waals surface area contributed by atoms with Crippen LogP contribution < -0.4 is 5.32 Å². The molecule has 6 heteroatoms. The number of nitrogens with zero attached hydrogens (tertiary/aromatic N) is 4.